The topological polar surface area (TPSA) is 47.9 Å². The maximum atomic E-state index is 6.82. The van der Waals surface area contributed by atoms with E-state index in [1.54, 1.807) is 0 Å². The van der Waals surface area contributed by atoms with Gasteiger partial charge in [-0.05, 0) is 83.0 Å². The van der Waals surface area contributed by atoms with Gasteiger partial charge in [-0.2, -0.15) is 0 Å². The second-order valence-corrected chi connectivity index (χ2v) is 15.6. The quantitative estimate of drug-likeness (QED) is 0.171. The Morgan fingerprint density at radius 2 is 1.40 bits per heavy atom. The van der Waals surface area contributed by atoms with Crippen molar-refractivity contribution in [3.8, 4) is 33.6 Å². The first-order chi connectivity index (χ1) is 28.2. The first-order valence-electron chi connectivity index (χ1n) is 20.4. The zero-order chi connectivity index (χ0) is 38.1. The van der Waals surface area contributed by atoms with Crippen molar-refractivity contribution in [2.24, 2.45) is 0 Å². The number of nitrogens with one attached hydrogen (secondary N) is 1. The van der Waals surface area contributed by atoms with Gasteiger partial charge in [0.2, 0.25) is 0 Å². The van der Waals surface area contributed by atoms with Gasteiger partial charge in [0.15, 0.2) is 0 Å². The Morgan fingerprint density at radius 3 is 2.16 bits per heavy atom. The monoisotopic (exact) mass is 736 g/mol. The van der Waals surface area contributed by atoms with Crippen molar-refractivity contribution in [1.29, 1.82) is 0 Å². The third-order valence-corrected chi connectivity index (χ3v) is 12.7. The molecule has 0 saturated carbocycles. The molecular weight excluding hydrogens is 693 g/mol. The Bertz CT molecular complexity index is 2950. The minimum atomic E-state index is -0.377. The lowest BCUT2D eigenvalue weighted by Crippen LogP contribution is -2.30. The Labute approximate surface area is 333 Å². The van der Waals surface area contributed by atoms with E-state index in [-0.39, 0.29) is 5.41 Å². The van der Waals surface area contributed by atoms with Crippen LogP contribution in [-0.4, -0.2) is 15.7 Å². The van der Waals surface area contributed by atoms with Crippen molar-refractivity contribution >= 4 is 39.5 Å². The highest BCUT2D eigenvalue weighted by Crippen LogP contribution is 2.59. The molecule has 2 aromatic heterocycles. The van der Waals surface area contributed by atoms with Crippen LogP contribution in [0.1, 0.15) is 54.0 Å². The Kier molecular flexibility index (Phi) is 7.75. The number of hydrogen-bond acceptors (Lipinski definition) is 2. The van der Waals surface area contributed by atoms with E-state index in [9.17, 15) is 0 Å². The molecule has 276 valence electrons. The van der Waals surface area contributed by atoms with Gasteiger partial charge in [0, 0.05) is 45.4 Å². The van der Waals surface area contributed by atoms with Crippen LogP contribution in [0, 0.1) is 0 Å². The van der Waals surface area contributed by atoms with Crippen LogP contribution in [0.15, 0.2) is 169 Å². The fraction of sp³-hybridized carbons (Fsp3) is 0.132. The molecule has 4 nitrogen and oxygen atoms in total. The van der Waals surface area contributed by atoms with Gasteiger partial charge in [-0.25, -0.2) is 0 Å². The number of rotatable bonds is 7. The molecule has 2 aliphatic carbocycles. The molecule has 8 aromatic rings. The fourth-order valence-corrected chi connectivity index (χ4v) is 10.3. The standard InChI is InChI=1S/C53H44N4/c1-2-14-43-44-21-13-34-55-52(44)57(51(43)54)40-30-26-36(27-31-40)35-24-28-39(29-25-35)56-48-23-12-10-19-41(48)42-32-33-47-49(50(42)56)45-20-9-11-22-46(45)53(47,37-15-5-3-6-16-37)38-17-7-4-8-18-38/h3-7,9-13,15-17,19-33,55H,2,8,14,18,34,54H2,1H3. The summed E-state index contributed by atoms with van der Waals surface area (Å²) in [4.78, 5) is 0. The maximum Gasteiger partial charge on any atom is 0.120 e. The molecule has 1 unspecified atom stereocenters. The van der Waals surface area contributed by atoms with Gasteiger partial charge in [-0.15, -0.1) is 0 Å². The number of nitrogens with zero attached hydrogens (tertiary/aromatic N) is 2. The van der Waals surface area contributed by atoms with Crippen molar-refractivity contribution < 1.29 is 0 Å². The number of anilines is 2. The third-order valence-electron chi connectivity index (χ3n) is 12.7. The van der Waals surface area contributed by atoms with Crippen molar-refractivity contribution in [2.75, 3.05) is 17.6 Å². The molecule has 6 aromatic carbocycles. The van der Waals surface area contributed by atoms with Crippen LogP contribution in [0.25, 0.3) is 61.5 Å². The normalized spacial score (nSPS) is 16.7. The lowest BCUT2D eigenvalue weighted by Gasteiger charge is -2.36. The maximum absolute atomic E-state index is 6.82. The van der Waals surface area contributed by atoms with Gasteiger partial charge >= 0.3 is 0 Å². The molecule has 0 radical (unpaired) electrons. The first-order valence-corrected chi connectivity index (χ1v) is 20.4. The number of nitrogen functional groups attached to an aromatic ring is 1. The van der Waals surface area contributed by atoms with Crippen LogP contribution in [0.2, 0.25) is 0 Å². The second-order valence-electron chi connectivity index (χ2n) is 15.6. The van der Waals surface area contributed by atoms with E-state index < -0.39 is 0 Å². The molecule has 1 aliphatic heterocycles. The molecule has 0 saturated heterocycles. The summed E-state index contributed by atoms with van der Waals surface area (Å²) >= 11 is 0. The molecule has 11 rings (SSSR count). The lowest BCUT2D eigenvalue weighted by atomic mass is 9.65. The largest absolute Gasteiger partial charge is 0.385 e. The zero-order valence-corrected chi connectivity index (χ0v) is 32.2. The van der Waals surface area contributed by atoms with Gasteiger partial charge in [0.1, 0.15) is 11.6 Å². The minimum Gasteiger partial charge on any atom is -0.385 e. The number of benzene rings is 6. The van der Waals surface area contributed by atoms with Gasteiger partial charge in [-0.1, -0.05) is 158 Å². The number of nitrogens with two attached hydrogens (primary N) is 1. The van der Waals surface area contributed by atoms with Gasteiger partial charge in [0.25, 0.3) is 0 Å². The number of para-hydroxylation sites is 1. The number of aromatic nitrogens is 2. The number of allylic oxidation sites excluding steroid dienone is 4. The van der Waals surface area contributed by atoms with Crippen LogP contribution in [-0.2, 0) is 11.8 Å². The summed E-state index contributed by atoms with van der Waals surface area (Å²) in [5, 5.41) is 6.12. The summed E-state index contributed by atoms with van der Waals surface area (Å²) in [5.41, 5.74) is 24.1. The summed E-state index contributed by atoms with van der Waals surface area (Å²) in [6.45, 7) is 3.01. The molecule has 0 bridgehead atoms. The number of fused-ring (bicyclic) bond motifs is 8. The summed E-state index contributed by atoms with van der Waals surface area (Å²) < 4.78 is 4.69. The summed E-state index contributed by atoms with van der Waals surface area (Å²) in [6, 6.07) is 52.0. The summed E-state index contributed by atoms with van der Waals surface area (Å²) in [7, 11) is 0. The molecule has 57 heavy (non-hydrogen) atoms. The molecular formula is C53H44N4. The Balaban J connectivity index is 1.07. The lowest BCUT2D eigenvalue weighted by molar-refractivity contribution is 0.693. The van der Waals surface area contributed by atoms with Crippen LogP contribution >= 0.6 is 0 Å². The van der Waals surface area contributed by atoms with E-state index in [0.29, 0.717) is 0 Å². The van der Waals surface area contributed by atoms with Gasteiger partial charge in [-0.3, -0.25) is 4.57 Å². The molecule has 3 heterocycles. The van der Waals surface area contributed by atoms with E-state index in [2.05, 4.69) is 191 Å². The van der Waals surface area contributed by atoms with Crippen LogP contribution in [0.3, 0.4) is 0 Å². The second kappa shape index (κ2) is 13.2. The Morgan fingerprint density at radius 1 is 0.684 bits per heavy atom. The third kappa shape index (κ3) is 4.86. The SMILES string of the molecule is CCCc1c2c(n(-c3ccc(-c4ccc(-n5c6ccccc6c6ccc7c(c65)-c5ccccc5C7(C5=CC=CCC5)c5ccccc5)cc4)cc3)c1N)NCC=C2. The van der Waals surface area contributed by atoms with Crippen molar-refractivity contribution in [2.45, 2.75) is 38.0 Å². The van der Waals surface area contributed by atoms with Crippen molar-refractivity contribution in [1.82, 2.24) is 9.13 Å². The highest BCUT2D eigenvalue weighted by molar-refractivity contribution is 6.16. The molecule has 3 aliphatic rings. The predicted molar refractivity (Wildman–Crippen MR) is 240 cm³/mol. The molecule has 1 atom stereocenters. The predicted octanol–water partition coefficient (Wildman–Crippen LogP) is 12.8. The molecule has 0 amide bonds. The van der Waals surface area contributed by atoms with Crippen LogP contribution in [0.5, 0.6) is 0 Å². The van der Waals surface area contributed by atoms with E-state index >= 15 is 0 Å². The minimum absolute atomic E-state index is 0.377. The first kappa shape index (κ1) is 33.5. The highest BCUT2D eigenvalue weighted by Gasteiger charge is 2.48. The van der Waals surface area contributed by atoms with E-state index in [1.807, 2.05) is 0 Å². The van der Waals surface area contributed by atoms with Gasteiger partial charge in [0.05, 0.1) is 16.4 Å². The van der Waals surface area contributed by atoms with Crippen molar-refractivity contribution in [3.05, 3.63) is 197 Å². The van der Waals surface area contributed by atoms with E-state index in [1.165, 1.54) is 77.5 Å². The molecule has 4 heteroatoms. The average molecular weight is 737 g/mol. The van der Waals surface area contributed by atoms with Crippen LogP contribution in [0.4, 0.5) is 11.6 Å². The fourth-order valence-electron chi connectivity index (χ4n) is 10.3. The molecule has 3 N–H and O–H groups in total. The van der Waals surface area contributed by atoms with Gasteiger partial charge < -0.3 is 15.6 Å². The van der Waals surface area contributed by atoms with E-state index in [0.717, 1.165) is 55.2 Å². The average Bonchev–Trinajstić information content (AvgIpc) is 3.88. The molecule has 0 fully saturated rings. The number of hydrogen-bond donors (Lipinski definition) is 2. The van der Waals surface area contributed by atoms with E-state index in [4.69, 9.17) is 5.73 Å². The van der Waals surface area contributed by atoms with Crippen LogP contribution < -0.4 is 11.1 Å². The Hall–Kier alpha value is -6.78. The zero-order valence-electron chi connectivity index (χ0n) is 32.2. The molecule has 0 spiro atoms. The summed E-state index contributed by atoms with van der Waals surface area (Å²) in [5.74, 6) is 1.91. The highest BCUT2D eigenvalue weighted by atomic mass is 15.2. The summed E-state index contributed by atoms with van der Waals surface area (Å²) in [6.07, 6.45) is 15.4. The smallest absolute Gasteiger partial charge is 0.120 e. The van der Waals surface area contributed by atoms with Crippen molar-refractivity contribution in [3.63, 3.8) is 0 Å².